The van der Waals surface area contributed by atoms with Crippen molar-refractivity contribution in [3.05, 3.63) is 51.2 Å². The summed E-state index contributed by atoms with van der Waals surface area (Å²) in [5.74, 6) is 0.121. The van der Waals surface area contributed by atoms with Gasteiger partial charge in [0.2, 0.25) is 5.91 Å². The number of hydrogen-bond acceptors (Lipinski definition) is 4. The largest absolute Gasteiger partial charge is 0.335 e. The van der Waals surface area contributed by atoms with E-state index in [0.717, 1.165) is 42.1 Å². The highest BCUT2D eigenvalue weighted by Crippen LogP contribution is 2.24. The Morgan fingerprint density at radius 1 is 1.04 bits per heavy atom. The van der Waals surface area contributed by atoms with Gasteiger partial charge in [0.15, 0.2) is 0 Å². The highest BCUT2D eigenvalue weighted by molar-refractivity contribution is 7.14. The Hall–Kier alpha value is -2.18. The summed E-state index contributed by atoms with van der Waals surface area (Å²) in [5.41, 5.74) is 3.29. The molecular weight excluding hydrogens is 370 g/mol. The third-order valence-electron chi connectivity index (χ3n) is 5.31. The zero-order chi connectivity index (χ0) is 20.1. The van der Waals surface area contributed by atoms with E-state index in [1.54, 1.807) is 11.3 Å². The number of para-hydroxylation sites is 1. The summed E-state index contributed by atoms with van der Waals surface area (Å²) in [6.45, 7) is 9.41. The van der Waals surface area contributed by atoms with E-state index in [9.17, 15) is 9.59 Å². The minimum absolute atomic E-state index is 0.00199. The van der Waals surface area contributed by atoms with Crippen LogP contribution in [-0.4, -0.2) is 54.3 Å². The van der Waals surface area contributed by atoms with E-state index in [2.05, 4.69) is 31.0 Å². The van der Waals surface area contributed by atoms with Crippen LogP contribution in [0.1, 0.15) is 39.5 Å². The maximum Gasteiger partial charge on any atom is 0.264 e. The molecular formula is C22H29N3O2S. The van der Waals surface area contributed by atoms with Crippen LogP contribution in [0.5, 0.6) is 0 Å². The van der Waals surface area contributed by atoms with E-state index in [1.165, 1.54) is 10.4 Å². The molecule has 0 spiro atoms. The number of nitrogens with zero attached hydrogens (tertiary/aromatic N) is 2. The standard InChI is InChI=1S/C22H29N3O2S/c1-4-17-8-6-7-9-19(17)23-21(26)15-24-10-12-25(13-11-24)22(27)20-14-18(5-2)16(3)28-20/h6-9,14H,4-5,10-13,15H2,1-3H3,(H,23,26). The topological polar surface area (TPSA) is 52.7 Å². The van der Waals surface area contributed by atoms with Crippen LogP contribution >= 0.6 is 11.3 Å². The number of benzene rings is 1. The summed E-state index contributed by atoms with van der Waals surface area (Å²) >= 11 is 1.59. The Kier molecular flexibility index (Phi) is 6.86. The number of anilines is 1. The van der Waals surface area contributed by atoms with Gasteiger partial charge < -0.3 is 10.2 Å². The molecule has 1 N–H and O–H groups in total. The number of amides is 2. The number of aryl methyl sites for hydroxylation is 3. The Balaban J connectivity index is 1.51. The lowest BCUT2D eigenvalue weighted by atomic mass is 10.1. The van der Waals surface area contributed by atoms with Crippen LogP contribution < -0.4 is 5.32 Å². The third kappa shape index (κ3) is 4.80. The van der Waals surface area contributed by atoms with Crippen molar-refractivity contribution in [1.29, 1.82) is 0 Å². The van der Waals surface area contributed by atoms with Gasteiger partial charge in [-0.05, 0) is 43.0 Å². The second-order valence-corrected chi connectivity index (χ2v) is 8.43. The number of nitrogens with one attached hydrogen (secondary N) is 1. The second kappa shape index (κ2) is 9.34. The first-order chi connectivity index (χ1) is 13.5. The summed E-state index contributed by atoms with van der Waals surface area (Å²) in [4.78, 5) is 31.3. The normalized spacial score (nSPS) is 14.9. The molecule has 1 saturated heterocycles. The number of hydrogen-bond donors (Lipinski definition) is 1. The molecule has 2 aromatic rings. The number of piperazine rings is 1. The van der Waals surface area contributed by atoms with Crippen molar-refractivity contribution in [2.45, 2.75) is 33.6 Å². The van der Waals surface area contributed by atoms with Crippen LogP contribution in [0.3, 0.4) is 0 Å². The fourth-order valence-electron chi connectivity index (χ4n) is 3.58. The average Bonchev–Trinajstić information content (AvgIpc) is 3.09. The van der Waals surface area contributed by atoms with E-state index in [4.69, 9.17) is 0 Å². The maximum absolute atomic E-state index is 12.8. The molecule has 2 heterocycles. The van der Waals surface area contributed by atoms with Gasteiger partial charge in [0.25, 0.3) is 5.91 Å². The van der Waals surface area contributed by atoms with Crippen molar-refractivity contribution >= 4 is 28.8 Å². The van der Waals surface area contributed by atoms with Crippen LogP contribution in [0.4, 0.5) is 5.69 Å². The predicted molar refractivity (Wildman–Crippen MR) is 115 cm³/mol. The van der Waals surface area contributed by atoms with Gasteiger partial charge in [-0.3, -0.25) is 14.5 Å². The molecule has 5 nitrogen and oxygen atoms in total. The first-order valence-electron chi connectivity index (χ1n) is 10.0. The summed E-state index contributed by atoms with van der Waals surface area (Å²) in [6, 6.07) is 9.95. The zero-order valence-corrected chi connectivity index (χ0v) is 17.8. The Morgan fingerprint density at radius 3 is 2.36 bits per heavy atom. The second-order valence-electron chi connectivity index (χ2n) is 7.17. The van der Waals surface area contributed by atoms with Crippen molar-refractivity contribution in [3.63, 3.8) is 0 Å². The lowest BCUT2D eigenvalue weighted by Gasteiger charge is -2.34. The molecule has 2 amide bonds. The quantitative estimate of drug-likeness (QED) is 0.808. The summed E-state index contributed by atoms with van der Waals surface area (Å²) in [7, 11) is 0. The van der Waals surface area contributed by atoms with E-state index < -0.39 is 0 Å². The van der Waals surface area contributed by atoms with Gasteiger partial charge >= 0.3 is 0 Å². The Bertz CT molecular complexity index is 838. The molecule has 0 bridgehead atoms. The molecule has 150 valence electrons. The van der Waals surface area contributed by atoms with Gasteiger partial charge in [0, 0.05) is 36.7 Å². The predicted octanol–water partition coefficient (Wildman–Crippen LogP) is 3.58. The minimum atomic E-state index is 0.00199. The zero-order valence-electron chi connectivity index (χ0n) is 17.0. The van der Waals surface area contributed by atoms with Gasteiger partial charge in [-0.1, -0.05) is 32.0 Å². The molecule has 0 saturated carbocycles. The van der Waals surface area contributed by atoms with Crippen molar-refractivity contribution in [2.75, 3.05) is 38.0 Å². The smallest absolute Gasteiger partial charge is 0.264 e. The van der Waals surface area contributed by atoms with Crippen LogP contribution in [0.15, 0.2) is 30.3 Å². The van der Waals surface area contributed by atoms with Gasteiger partial charge in [-0.25, -0.2) is 0 Å². The molecule has 0 atom stereocenters. The molecule has 1 aromatic carbocycles. The lowest BCUT2D eigenvalue weighted by molar-refractivity contribution is -0.117. The fourth-order valence-corrected chi connectivity index (χ4v) is 4.67. The molecule has 28 heavy (non-hydrogen) atoms. The monoisotopic (exact) mass is 399 g/mol. The van der Waals surface area contributed by atoms with Crippen LogP contribution in [0, 0.1) is 6.92 Å². The van der Waals surface area contributed by atoms with Crippen molar-refractivity contribution in [1.82, 2.24) is 9.80 Å². The molecule has 1 aliphatic rings. The van der Waals surface area contributed by atoms with Gasteiger partial charge in [-0.2, -0.15) is 0 Å². The SMILES string of the molecule is CCc1ccccc1NC(=O)CN1CCN(C(=O)c2cc(CC)c(C)s2)CC1. The molecule has 1 aromatic heterocycles. The Morgan fingerprint density at radius 2 is 1.71 bits per heavy atom. The van der Waals surface area contributed by atoms with Gasteiger partial charge in [0.1, 0.15) is 0 Å². The number of thiophene rings is 1. The van der Waals surface area contributed by atoms with E-state index >= 15 is 0 Å². The van der Waals surface area contributed by atoms with E-state index in [-0.39, 0.29) is 11.8 Å². The number of rotatable bonds is 6. The fraction of sp³-hybridized carbons (Fsp3) is 0.455. The van der Waals surface area contributed by atoms with Crippen LogP contribution in [0.2, 0.25) is 0 Å². The molecule has 0 radical (unpaired) electrons. The van der Waals surface area contributed by atoms with Crippen molar-refractivity contribution in [3.8, 4) is 0 Å². The summed E-state index contributed by atoms with van der Waals surface area (Å²) in [5, 5.41) is 3.02. The first-order valence-corrected chi connectivity index (χ1v) is 10.8. The molecule has 1 aliphatic heterocycles. The summed E-state index contributed by atoms with van der Waals surface area (Å²) < 4.78 is 0. The minimum Gasteiger partial charge on any atom is -0.335 e. The average molecular weight is 400 g/mol. The van der Waals surface area contributed by atoms with Crippen LogP contribution in [0.25, 0.3) is 0 Å². The van der Waals surface area contributed by atoms with Crippen molar-refractivity contribution < 1.29 is 9.59 Å². The third-order valence-corrected chi connectivity index (χ3v) is 6.39. The molecule has 6 heteroatoms. The molecule has 0 unspecified atom stereocenters. The number of carbonyl (C=O) groups is 2. The van der Waals surface area contributed by atoms with E-state index in [1.807, 2.05) is 35.2 Å². The van der Waals surface area contributed by atoms with E-state index in [0.29, 0.717) is 19.6 Å². The van der Waals surface area contributed by atoms with Gasteiger partial charge in [-0.15, -0.1) is 11.3 Å². The summed E-state index contributed by atoms with van der Waals surface area (Å²) in [6.07, 6.45) is 1.85. The molecule has 3 rings (SSSR count). The van der Waals surface area contributed by atoms with Crippen molar-refractivity contribution in [2.24, 2.45) is 0 Å². The highest BCUT2D eigenvalue weighted by Gasteiger charge is 2.24. The Labute approximate surface area is 171 Å². The first kappa shape index (κ1) is 20.6. The maximum atomic E-state index is 12.8. The van der Waals surface area contributed by atoms with Gasteiger partial charge in [0.05, 0.1) is 11.4 Å². The number of carbonyl (C=O) groups excluding carboxylic acids is 2. The highest BCUT2D eigenvalue weighted by atomic mass is 32.1. The molecule has 0 aliphatic carbocycles. The molecule has 1 fully saturated rings. The lowest BCUT2D eigenvalue weighted by Crippen LogP contribution is -2.50. The van der Waals surface area contributed by atoms with Crippen LogP contribution in [-0.2, 0) is 17.6 Å².